The summed E-state index contributed by atoms with van der Waals surface area (Å²) >= 11 is 0. The summed E-state index contributed by atoms with van der Waals surface area (Å²) in [6, 6.07) is 14.9. The van der Waals surface area contributed by atoms with Crippen molar-refractivity contribution in [1.82, 2.24) is 14.5 Å². The zero-order chi connectivity index (χ0) is 23.3. The molecule has 8 nitrogen and oxygen atoms in total. The summed E-state index contributed by atoms with van der Waals surface area (Å²) in [6.45, 7) is 1.95. The summed E-state index contributed by atoms with van der Waals surface area (Å²) in [5.41, 5.74) is 17.5. The number of nitrogens with one attached hydrogen (secondary N) is 2. The molecule has 2 heterocycles. The van der Waals surface area contributed by atoms with E-state index < -0.39 is 5.91 Å². The Labute approximate surface area is 189 Å². The molecule has 0 bridgehead atoms. The number of amides is 2. The Balaban J connectivity index is 1.70. The van der Waals surface area contributed by atoms with Crippen molar-refractivity contribution in [3.63, 3.8) is 0 Å². The molecule has 0 fully saturated rings. The lowest BCUT2D eigenvalue weighted by atomic mass is 9.93. The number of nitrogen functional groups attached to an aromatic ring is 1. The maximum Gasteiger partial charge on any atom is 0.291 e. The molecule has 0 aliphatic rings. The molecule has 0 saturated heterocycles. The fraction of sp³-hybridized carbons (Fsp3) is 0.0800. The lowest BCUT2D eigenvalue weighted by Crippen LogP contribution is -2.17. The number of anilines is 2. The number of fused-ring (bicyclic) bond motifs is 3. The van der Waals surface area contributed by atoms with E-state index in [4.69, 9.17) is 11.5 Å². The van der Waals surface area contributed by atoms with Crippen LogP contribution in [-0.2, 0) is 7.05 Å². The van der Waals surface area contributed by atoms with Gasteiger partial charge in [-0.15, -0.1) is 0 Å². The Morgan fingerprint density at radius 2 is 1.91 bits per heavy atom. The van der Waals surface area contributed by atoms with E-state index in [-0.39, 0.29) is 5.91 Å². The molecular formula is C25H22N6O2. The van der Waals surface area contributed by atoms with Gasteiger partial charge in [-0.05, 0) is 47.9 Å². The van der Waals surface area contributed by atoms with Crippen molar-refractivity contribution in [1.29, 1.82) is 0 Å². The molecular weight excluding hydrogens is 416 g/mol. The summed E-state index contributed by atoms with van der Waals surface area (Å²) in [6.07, 6.45) is 3.30. The number of aromatic amines is 1. The van der Waals surface area contributed by atoms with Crippen molar-refractivity contribution >= 4 is 45.0 Å². The predicted molar refractivity (Wildman–Crippen MR) is 130 cm³/mol. The molecule has 6 N–H and O–H groups in total. The molecule has 0 spiro atoms. The van der Waals surface area contributed by atoms with Crippen LogP contribution in [0.1, 0.15) is 26.5 Å². The van der Waals surface area contributed by atoms with Crippen molar-refractivity contribution in [2.45, 2.75) is 6.92 Å². The first kappa shape index (κ1) is 20.3. The number of hydrogen-bond acceptors (Lipinski definition) is 4. The van der Waals surface area contributed by atoms with Gasteiger partial charge in [-0.25, -0.2) is 4.98 Å². The summed E-state index contributed by atoms with van der Waals surface area (Å²) in [5, 5.41) is 4.76. The highest BCUT2D eigenvalue weighted by atomic mass is 16.2. The molecule has 2 aromatic heterocycles. The minimum atomic E-state index is -0.515. The zero-order valence-corrected chi connectivity index (χ0v) is 18.1. The highest BCUT2D eigenvalue weighted by molar-refractivity contribution is 6.20. The van der Waals surface area contributed by atoms with Gasteiger partial charge in [0.25, 0.3) is 11.8 Å². The van der Waals surface area contributed by atoms with Crippen LogP contribution in [0.2, 0.25) is 0 Å². The van der Waals surface area contributed by atoms with Crippen molar-refractivity contribution in [2.24, 2.45) is 12.8 Å². The number of primary amides is 1. The summed E-state index contributed by atoms with van der Waals surface area (Å²) in [4.78, 5) is 32.3. The number of rotatable bonds is 4. The zero-order valence-electron chi connectivity index (χ0n) is 18.1. The topological polar surface area (TPSA) is 132 Å². The van der Waals surface area contributed by atoms with Crippen LogP contribution in [0.25, 0.3) is 32.9 Å². The van der Waals surface area contributed by atoms with Crippen LogP contribution in [0.5, 0.6) is 0 Å². The average molecular weight is 438 g/mol. The maximum absolute atomic E-state index is 12.7. The molecule has 33 heavy (non-hydrogen) atoms. The van der Waals surface area contributed by atoms with Crippen LogP contribution in [-0.4, -0.2) is 26.3 Å². The van der Waals surface area contributed by atoms with Crippen LogP contribution < -0.4 is 16.8 Å². The largest absolute Gasteiger partial charge is 0.399 e. The number of aryl methyl sites for hydroxylation is 1. The van der Waals surface area contributed by atoms with Crippen molar-refractivity contribution in [3.8, 4) is 11.1 Å². The van der Waals surface area contributed by atoms with E-state index >= 15 is 0 Å². The number of H-pyrrole nitrogens is 1. The second-order valence-electron chi connectivity index (χ2n) is 8.00. The van der Waals surface area contributed by atoms with Gasteiger partial charge in [-0.3, -0.25) is 9.59 Å². The second-order valence-corrected chi connectivity index (χ2v) is 8.00. The number of hydrogen-bond donors (Lipinski definition) is 4. The fourth-order valence-corrected chi connectivity index (χ4v) is 4.29. The molecule has 5 rings (SSSR count). The minimum absolute atomic E-state index is 0.292. The summed E-state index contributed by atoms with van der Waals surface area (Å²) in [5.74, 6) is -0.486. The molecule has 2 amide bonds. The van der Waals surface area contributed by atoms with Gasteiger partial charge in [0.2, 0.25) is 0 Å². The van der Waals surface area contributed by atoms with Crippen molar-refractivity contribution in [3.05, 3.63) is 77.9 Å². The van der Waals surface area contributed by atoms with Gasteiger partial charge < -0.3 is 26.3 Å². The Hall–Kier alpha value is -4.59. The highest BCUT2D eigenvalue weighted by Crippen LogP contribution is 2.39. The van der Waals surface area contributed by atoms with E-state index in [0.717, 1.165) is 33.0 Å². The molecule has 5 aromatic rings. The first-order valence-electron chi connectivity index (χ1n) is 10.4. The van der Waals surface area contributed by atoms with E-state index in [1.54, 1.807) is 30.1 Å². The normalized spacial score (nSPS) is 11.2. The minimum Gasteiger partial charge on any atom is -0.399 e. The Bertz CT molecular complexity index is 1580. The number of carbonyl (C=O) groups is 2. The molecule has 0 aliphatic heterocycles. The maximum atomic E-state index is 12.7. The van der Waals surface area contributed by atoms with E-state index in [1.807, 2.05) is 49.4 Å². The van der Waals surface area contributed by atoms with Crippen LogP contribution in [0, 0.1) is 6.92 Å². The SMILES string of the molecule is Cc1c(NC(=O)c2nccn2C)cccc1-c1ccc(C(N)=O)c2[nH]c3cc(N)ccc3c12. The van der Waals surface area contributed by atoms with Gasteiger partial charge >= 0.3 is 0 Å². The number of benzene rings is 3. The van der Waals surface area contributed by atoms with Gasteiger partial charge in [0, 0.05) is 47.1 Å². The quantitative estimate of drug-likeness (QED) is 0.316. The van der Waals surface area contributed by atoms with Crippen LogP contribution >= 0.6 is 0 Å². The molecule has 0 aliphatic carbocycles. The highest BCUT2D eigenvalue weighted by Gasteiger charge is 2.19. The average Bonchev–Trinajstić information content (AvgIpc) is 3.37. The van der Waals surface area contributed by atoms with Gasteiger partial charge in [-0.1, -0.05) is 24.3 Å². The molecule has 0 unspecified atom stereocenters. The van der Waals surface area contributed by atoms with E-state index in [2.05, 4.69) is 15.3 Å². The third kappa shape index (κ3) is 3.28. The third-order valence-electron chi connectivity index (χ3n) is 5.94. The Morgan fingerprint density at radius 1 is 1.09 bits per heavy atom. The smallest absolute Gasteiger partial charge is 0.291 e. The number of nitrogens with zero attached hydrogens (tertiary/aromatic N) is 2. The summed E-state index contributed by atoms with van der Waals surface area (Å²) in [7, 11) is 1.77. The van der Waals surface area contributed by atoms with Crippen LogP contribution in [0.15, 0.2) is 60.9 Å². The van der Waals surface area contributed by atoms with Crippen molar-refractivity contribution < 1.29 is 9.59 Å². The Morgan fingerprint density at radius 3 is 2.64 bits per heavy atom. The van der Waals surface area contributed by atoms with Crippen molar-refractivity contribution in [2.75, 3.05) is 11.1 Å². The van der Waals surface area contributed by atoms with E-state index in [0.29, 0.717) is 28.3 Å². The van der Waals surface area contributed by atoms with Crippen LogP contribution in [0.4, 0.5) is 11.4 Å². The molecule has 0 atom stereocenters. The lowest BCUT2D eigenvalue weighted by molar-refractivity contribution is 0.0996. The van der Waals surface area contributed by atoms with Gasteiger partial charge in [0.15, 0.2) is 5.82 Å². The van der Waals surface area contributed by atoms with Gasteiger partial charge in [0.1, 0.15) is 0 Å². The molecule has 0 radical (unpaired) electrons. The molecule has 164 valence electrons. The summed E-state index contributed by atoms with van der Waals surface area (Å²) < 4.78 is 1.66. The van der Waals surface area contributed by atoms with E-state index in [9.17, 15) is 9.59 Å². The Kier molecular flexibility index (Phi) is 4.63. The monoisotopic (exact) mass is 438 g/mol. The van der Waals surface area contributed by atoms with Crippen LogP contribution in [0.3, 0.4) is 0 Å². The first-order valence-corrected chi connectivity index (χ1v) is 10.4. The predicted octanol–water partition coefficient (Wildman–Crippen LogP) is 3.96. The number of nitrogens with two attached hydrogens (primary N) is 2. The van der Waals surface area contributed by atoms with Gasteiger partial charge in [-0.2, -0.15) is 0 Å². The number of imidazole rings is 1. The lowest BCUT2D eigenvalue weighted by Gasteiger charge is -2.14. The molecule has 8 heteroatoms. The van der Waals surface area contributed by atoms with Gasteiger partial charge in [0.05, 0.1) is 11.1 Å². The first-order chi connectivity index (χ1) is 15.8. The molecule has 3 aromatic carbocycles. The standard InChI is InChI=1S/C25H22N6O2/c1-13-15(4-3-5-19(13)30-25(33)24-28-10-11-31(24)2)16-8-9-18(23(27)32)22-21(16)17-7-6-14(26)12-20(17)29-22/h3-12,29H,26H2,1-2H3,(H2,27,32)(H,30,33). The number of carbonyl (C=O) groups excluding carboxylic acids is 2. The van der Waals surface area contributed by atoms with E-state index in [1.165, 1.54) is 0 Å². The fourth-order valence-electron chi connectivity index (χ4n) is 4.29. The third-order valence-corrected chi connectivity index (χ3v) is 5.94. The second kappa shape index (κ2) is 7.52. The molecule has 0 saturated carbocycles. The number of aromatic nitrogens is 3.